The number of phenols is 1. The van der Waals surface area contributed by atoms with E-state index in [4.69, 9.17) is 11.6 Å². The van der Waals surface area contributed by atoms with Crippen molar-refractivity contribution in [2.75, 3.05) is 0 Å². The summed E-state index contributed by atoms with van der Waals surface area (Å²) >= 11 is 7.32. The zero-order chi connectivity index (χ0) is 15.2. The largest absolute Gasteiger partial charge is 0.507 e. The van der Waals surface area contributed by atoms with Crippen molar-refractivity contribution in [3.05, 3.63) is 51.2 Å². The highest BCUT2D eigenvalue weighted by atomic mass is 35.5. The van der Waals surface area contributed by atoms with Crippen LogP contribution in [0.5, 0.6) is 5.75 Å². The van der Waals surface area contributed by atoms with E-state index >= 15 is 0 Å². The van der Waals surface area contributed by atoms with Gasteiger partial charge < -0.3 is 5.11 Å². The Balaban J connectivity index is 1.83. The Morgan fingerprint density at radius 3 is 2.76 bits per heavy atom. The van der Waals surface area contributed by atoms with E-state index in [1.165, 1.54) is 18.2 Å². The Morgan fingerprint density at radius 1 is 1.24 bits per heavy atom. The first-order valence-electron chi connectivity index (χ1n) is 6.15. The van der Waals surface area contributed by atoms with Gasteiger partial charge in [-0.1, -0.05) is 11.6 Å². The van der Waals surface area contributed by atoms with Gasteiger partial charge in [-0.2, -0.15) is 11.3 Å². The second kappa shape index (κ2) is 7.10. The number of aromatic hydroxyl groups is 1. The maximum Gasteiger partial charge on any atom is 0.273 e. The van der Waals surface area contributed by atoms with Gasteiger partial charge in [-0.25, -0.2) is 0 Å². The number of hydrazine groups is 1. The number of phenolic OH excluding ortho intramolecular Hbond substituents is 1. The zero-order valence-electron chi connectivity index (χ0n) is 10.9. The lowest BCUT2D eigenvalue weighted by molar-refractivity contribution is -0.121. The summed E-state index contributed by atoms with van der Waals surface area (Å²) in [4.78, 5) is 23.4. The summed E-state index contributed by atoms with van der Waals surface area (Å²) in [6.45, 7) is 0. The van der Waals surface area contributed by atoms with Crippen LogP contribution >= 0.6 is 22.9 Å². The molecule has 0 aliphatic heterocycles. The smallest absolute Gasteiger partial charge is 0.273 e. The number of amides is 2. The first-order chi connectivity index (χ1) is 10.1. The van der Waals surface area contributed by atoms with Crippen LogP contribution < -0.4 is 10.9 Å². The molecule has 0 aliphatic rings. The summed E-state index contributed by atoms with van der Waals surface area (Å²) in [7, 11) is 0. The van der Waals surface area contributed by atoms with Crippen molar-refractivity contribution in [3.63, 3.8) is 0 Å². The minimum absolute atomic E-state index is 0.000588. The molecular formula is C14H13ClN2O3S. The van der Waals surface area contributed by atoms with E-state index in [2.05, 4.69) is 10.9 Å². The minimum atomic E-state index is -0.626. The van der Waals surface area contributed by atoms with Crippen LogP contribution in [0.15, 0.2) is 35.0 Å². The highest BCUT2D eigenvalue weighted by molar-refractivity contribution is 7.07. The highest BCUT2D eigenvalue weighted by Gasteiger charge is 2.12. The lowest BCUT2D eigenvalue weighted by atomic mass is 10.2. The summed E-state index contributed by atoms with van der Waals surface area (Å²) in [5.41, 5.74) is 5.62. The zero-order valence-corrected chi connectivity index (χ0v) is 12.5. The lowest BCUT2D eigenvalue weighted by Gasteiger charge is -2.08. The summed E-state index contributed by atoms with van der Waals surface area (Å²) in [5.74, 6) is -1.14. The van der Waals surface area contributed by atoms with Crippen LogP contribution in [0.4, 0.5) is 0 Å². The van der Waals surface area contributed by atoms with Crippen molar-refractivity contribution in [3.8, 4) is 5.75 Å². The fraction of sp³-hybridized carbons (Fsp3) is 0.143. The quantitative estimate of drug-likeness (QED) is 0.756. The normalized spacial score (nSPS) is 10.1. The first kappa shape index (κ1) is 15.3. The number of carbonyl (C=O) groups is 2. The molecule has 0 bridgehead atoms. The Hall–Kier alpha value is -2.05. The average molecular weight is 325 g/mol. The average Bonchev–Trinajstić information content (AvgIpc) is 2.98. The second-order valence-corrected chi connectivity index (χ2v) is 5.51. The molecule has 3 N–H and O–H groups in total. The Kier molecular flexibility index (Phi) is 5.19. The van der Waals surface area contributed by atoms with E-state index in [1.807, 2.05) is 16.8 Å². The molecular weight excluding hydrogens is 312 g/mol. The van der Waals surface area contributed by atoms with Crippen molar-refractivity contribution in [1.82, 2.24) is 10.9 Å². The van der Waals surface area contributed by atoms with E-state index < -0.39 is 5.91 Å². The van der Waals surface area contributed by atoms with Gasteiger partial charge in [0.25, 0.3) is 5.91 Å². The van der Waals surface area contributed by atoms with Crippen molar-refractivity contribution >= 4 is 34.8 Å². The third-order valence-corrected chi connectivity index (χ3v) is 3.71. The number of hydrogen-bond donors (Lipinski definition) is 3. The number of hydrogen-bond acceptors (Lipinski definition) is 4. The molecule has 0 saturated carbocycles. The summed E-state index contributed by atoms with van der Waals surface area (Å²) in [6.07, 6.45) is 0.867. The molecule has 21 heavy (non-hydrogen) atoms. The molecule has 2 amide bonds. The van der Waals surface area contributed by atoms with Gasteiger partial charge >= 0.3 is 0 Å². The van der Waals surface area contributed by atoms with Gasteiger partial charge in [-0.3, -0.25) is 20.4 Å². The SMILES string of the molecule is O=C(CCc1ccsc1)NNC(=O)c1cc(Cl)ccc1O. The predicted molar refractivity (Wildman–Crippen MR) is 81.4 cm³/mol. The Bertz CT molecular complexity index is 644. The van der Waals surface area contributed by atoms with E-state index in [9.17, 15) is 14.7 Å². The number of benzene rings is 1. The molecule has 0 spiro atoms. The Labute approximate surface area is 130 Å². The molecule has 1 heterocycles. The second-order valence-electron chi connectivity index (χ2n) is 4.30. The molecule has 1 aromatic carbocycles. The molecule has 7 heteroatoms. The summed E-state index contributed by atoms with van der Waals surface area (Å²) in [6, 6.07) is 6.05. The van der Waals surface area contributed by atoms with Crippen LogP contribution in [-0.2, 0) is 11.2 Å². The molecule has 1 aromatic heterocycles. The molecule has 2 aromatic rings. The van der Waals surface area contributed by atoms with Gasteiger partial charge in [-0.15, -0.1) is 0 Å². The summed E-state index contributed by atoms with van der Waals surface area (Å²) in [5, 5.41) is 13.8. The minimum Gasteiger partial charge on any atom is -0.507 e. The number of nitrogens with one attached hydrogen (secondary N) is 2. The van der Waals surface area contributed by atoms with Gasteiger partial charge in [0.1, 0.15) is 5.75 Å². The number of halogens is 1. The van der Waals surface area contributed by atoms with Gasteiger partial charge in [0.2, 0.25) is 5.91 Å². The summed E-state index contributed by atoms with van der Waals surface area (Å²) < 4.78 is 0. The number of rotatable bonds is 4. The van der Waals surface area contributed by atoms with Crippen LogP contribution in [0.3, 0.4) is 0 Å². The predicted octanol–water partition coefficient (Wildman–Crippen LogP) is 2.50. The molecule has 0 unspecified atom stereocenters. The highest BCUT2D eigenvalue weighted by Crippen LogP contribution is 2.20. The molecule has 5 nitrogen and oxygen atoms in total. The van der Waals surface area contributed by atoms with Crippen molar-refractivity contribution in [1.29, 1.82) is 0 Å². The third-order valence-electron chi connectivity index (χ3n) is 2.74. The molecule has 0 saturated heterocycles. The maximum atomic E-state index is 11.8. The van der Waals surface area contributed by atoms with E-state index in [0.717, 1.165) is 5.56 Å². The van der Waals surface area contributed by atoms with Gasteiger partial charge in [-0.05, 0) is 47.0 Å². The standard InChI is InChI=1S/C14H13ClN2O3S/c15-10-2-3-12(18)11(7-10)14(20)17-16-13(19)4-1-9-5-6-21-8-9/h2-3,5-8,18H,1,4H2,(H,16,19)(H,17,20). The van der Waals surface area contributed by atoms with E-state index in [-0.39, 0.29) is 23.6 Å². The fourth-order valence-corrected chi connectivity index (χ4v) is 2.51. The third kappa shape index (κ3) is 4.47. The fourth-order valence-electron chi connectivity index (χ4n) is 1.64. The van der Waals surface area contributed by atoms with Gasteiger partial charge in [0, 0.05) is 11.4 Å². The van der Waals surface area contributed by atoms with Crippen LogP contribution in [0, 0.1) is 0 Å². The maximum absolute atomic E-state index is 11.8. The molecule has 0 radical (unpaired) electrons. The van der Waals surface area contributed by atoms with E-state index in [1.54, 1.807) is 11.3 Å². The molecule has 0 aliphatic carbocycles. The Morgan fingerprint density at radius 2 is 2.05 bits per heavy atom. The van der Waals surface area contributed by atoms with Crippen molar-refractivity contribution in [2.24, 2.45) is 0 Å². The van der Waals surface area contributed by atoms with Crippen molar-refractivity contribution < 1.29 is 14.7 Å². The van der Waals surface area contributed by atoms with Crippen LogP contribution in [0.2, 0.25) is 5.02 Å². The molecule has 0 fully saturated rings. The van der Waals surface area contributed by atoms with Gasteiger partial charge in [0.05, 0.1) is 5.56 Å². The number of aryl methyl sites for hydroxylation is 1. The first-order valence-corrected chi connectivity index (χ1v) is 7.47. The molecule has 0 atom stereocenters. The number of thiophene rings is 1. The topological polar surface area (TPSA) is 78.4 Å². The van der Waals surface area contributed by atoms with Crippen LogP contribution in [0.1, 0.15) is 22.3 Å². The number of carbonyl (C=O) groups excluding carboxylic acids is 2. The lowest BCUT2D eigenvalue weighted by Crippen LogP contribution is -2.41. The molecule has 2 rings (SSSR count). The van der Waals surface area contributed by atoms with E-state index in [0.29, 0.717) is 11.4 Å². The van der Waals surface area contributed by atoms with Crippen molar-refractivity contribution in [2.45, 2.75) is 12.8 Å². The van der Waals surface area contributed by atoms with Crippen LogP contribution in [0.25, 0.3) is 0 Å². The molecule has 110 valence electrons. The monoisotopic (exact) mass is 324 g/mol. The van der Waals surface area contributed by atoms with Gasteiger partial charge in [0.15, 0.2) is 0 Å². The van der Waals surface area contributed by atoms with Crippen LogP contribution in [-0.4, -0.2) is 16.9 Å².